The van der Waals surface area contributed by atoms with Crippen LogP contribution in [0, 0.1) is 0 Å². The first-order valence-corrected chi connectivity index (χ1v) is 3.74. The average Bonchev–Trinajstić information content (AvgIpc) is 1.62. The van der Waals surface area contributed by atoms with E-state index < -0.39 is 21.4 Å². The van der Waals surface area contributed by atoms with Gasteiger partial charge in [-0.25, -0.2) is 8.60 Å². The Kier molecular flexibility index (Phi) is 1.81. The van der Waals surface area contributed by atoms with Gasteiger partial charge < -0.3 is 0 Å². The first-order chi connectivity index (χ1) is 4.09. The quantitative estimate of drug-likeness (QED) is 0.454. The second kappa shape index (κ2) is 1.86. The molecule has 0 aliphatic heterocycles. The van der Waals surface area contributed by atoms with Crippen molar-refractivity contribution in [3.05, 3.63) is 0 Å². The lowest BCUT2D eigenvalue weighted by Gasteiger charge is -2.22. The molecule has 10 heavy (non-hydrogen) atoms. The number of alkyl halides is 4. The van der Waals surface area contributed by atoms with Crippen molar-refractivity contribution in [2.45, 2.75) is 5.51 Å². The fourth-order valence-electron chi connectivity index (χ4n) is 0.0619. The molecule has 0 unspecified atom stereocenters. The van der Waals surface area contributed by atoms with Crippen molar-refractivity contribution in [2.24, 2.45) is 0 Å². The monoisotopic (exact) mass is 188 g/mol. The fraction of sp³-hybridized carbons (Fsp3) is 1.00. The van der Waals surface area contributed by atoms with Crippen LogP contribution in [0.2, 0.25) is 0 Å². The first-order valence-electron chi connectivity index (χ1n) is 1.80. The maximum absolute atomic E-state index is 11.4. The van der Waals surface area contributed by atoms with E-state index in [2.05, 4.69) is 0 Å². The summed E-state index contributed by atoms with van der Waals surface area (Å²) in [5.41, 5.74) is -6.27. The highest BCUT2D eigenvalue weighted by molar-refractivity contribution is 8.11. The molecule has 0 fully saturated rings. The Bertz CT molecular complexity index is 186. The van der Waals surface area contributed by atoms with E-state index in [1.807, 2.05) is 0 Å². The number of halogens is 6. The summed E-state index contributed by atoms with van der Waals surface area (Å²) in [4.78, 5) is 0. The van der Waals surface area contributed by atoms with Gasteiger partial charge in [-0.05, 0) is 0 Å². The second-order valence-corrected chi connectivity index (χ2v) is 3.94. The van der Waals surface area contributed by atoms with Gasteiger partial charge in [0.1, 0.15) is 0 Å². The van der Waals surface area contributed by atoms with Gasteiger partial charge in [-0.3, -0.25) is 0 Å². The molecule has 0 spiro atoms. The van der Waals surface area contributed by atoms with Crippen LogP contribution in [0.15, 0.2) is 0 Å². The molecule has 0 N–H and O–H groups in total. The molecule has 0 saturated heterocycles. The van der Waals surface area contributed by atoms with Crippen molar-refractivity contribution in [2.75, 3.05) is 6.01 Å². The van der Waals surface area contributed by atoms with Crippen LogP contribution in [0.25, 0.3) is 0 Å². The van der Waals surface area contributed by atoms with Crippen LogP contribution < -0.4 is 0 Å². The molecule has 0 aromatic rings. The van der Waals surface area contributed by atoms with Gasteiger partial charge in [0.25, 0.3) is 9.84 Å². The van der Waals surface area contributed by atoms with Crippen LogP contribution in [0.5, 0.6) is 0 Å². The topological polar surface area (TPSA) is 17.1 Å². The molecular weight excluding hydrogens is 186 g/mol. The summed E-state index contributed by atoms with van der Waals surface area (Å²) in [5, 5.41) is 0. The third-order valence-electron chi connectivity index (χ3n) is 0.615. The lowest BCUT2D eigenvalue weighted by Crippen LogP contribution is -2.39. The summed E-state index contributed by atoms with van der Waals surface area (Å²) in [5.74, 6) is 0. The van der Waals surface area contributed by atoms with E-state index in [-0.39, 0.29) is 0 Å². The minimum absolute atomic E-state index is 3.18. The molecule has 1 nitrogen and oxygen atoms in total. The van der Waals surface area contributed by atoms with Gasteiger partial charge in [0.15, 0.2) is 0 Å². The van der Waals surface area contributed by atoms with E-state index in [4.69, 9.17) is 0 Å². The molecule has 0 atom stereocenters. The van der Waals surface area contributed by atoms with Crippen LogP contribution in [-0.4, -0.2) is 15.7 Å². The summed E-state index contributed by atoms with van der Waals surface area (Å²) in [6, 6.07) is -3.18. The van der Waals surface area contributed by atoms with Crippen molar-refractivity contribution in [3.8, 4) is 0 Å². The molecule has 0 aliphatic rings. The van der Waals surface area contributed by atoms with Gasteiger partial charge in [0.05, 0.1) is 0 Å². The Morgan fingerprint density at radius 1 is 1.20 bits per heavy atom. The highest BCUT2D eigenvalue weighted by atomic mass is 32.3. The van der Waals surface area contributed by atoms with Gasteiger partial charge in [-0.2, -0.15) is 13.2 Å². The molecule has 0 saturated carbocycles. The molecule has 0 rings (SSSR count). The maximum Gasteiger partial charge on any atom is 0.504 e. The highest BCUT2D eigenvalue weighted by Gasteiger charge is 2.63. The fourth-order valence-corrected chi connectivity index (χ4v) is 0.186. The summed E-state index contributed by atoms with van der Waals surface area (Å²) >= 11 is 0. The van der Waals surface area contributed by atoms with Gasteiger partial charge in [0.2, 0.25) is 6.01 Å². The zero-order valence-electron chi connectivity index (χ0n) is 4.29. The molecule has 0 amide bonds. The van der Waals surface area contributed by atoms with E-state index >= 15 is 0 Å². The zero-order valence-corrected chi connectivity index (χ0v) is 5.11. The van der Waals surface area contributed by atoms with Gasteiger partial charge in [-0.1, -0.05) is 0 Å². The molecular formula is C2H2F6OS. The van der Waals surface area contributed by atoms with Crippen molar-refractivity contribution in [1.29, 1.82) is 0 Å². The van der Waals surface area contributed by atoms with E-state index in [0.717, 1.165) is 0 Å². The van der Waals surface area contributed by atoms with Gasteiger partial charge in [0, 0.05) is 0 Å². The molecule has 0 radical (unpaired) electrons. The molecule has 64 valence electrons. The molecule has 0 heterocycles. The zero-order chi connectivity index (χ0) is 8.65. The summed E-state index contributed by atoms with van der Waals surface area (Å²) in [7, 11) is -8.02. The van der Waals surface area contributed by atoms with Crippen LogP contribution >= 0.6 is 0 Å². The SMILES string of the molecule is O=S(F)(F)(CF)C(F)(F)F. The van der Waals surface area contributed by atoms with Crippen LogP contribution in [0.3, 0.4) is 0 Å². The Morgan fingerprint density at radius 3 is 1.50 bits per heavy atom. The van der Waals surface area contributed by atoms with Gasteiger partial charge >= 0.3 is 5.51 Å². The van der Waals surface area contributed by atoms with E-state index in [0.29, 0.717) is 0 Å². The molecule has 0 aromatic carbocycles. The number of rotatable bonds is 1. The van der Waals surface area contributed by atoms with Crippen molar-refractivity contribution in [3.63, 3.8) is 0 Å². The third kappa shape index (κ3) is 1.41. The predicted molar refractivity (Wildman–Crippen MR) is 22.4 cm³/mol. The predicted octanol–water partition coefficient (Wildman–Crippen LogP) is 2.02. The smallest absolute Gasteiger partial charge is 0.233 e. The van der Waals surface area contributed by atoms with E-state index in [1.54, 1.807) is 0 Å². The van der Waals surface area contributed by atoms with Crippen molar-refractivity contribution >= 4 is 9.84 Å². The average molecular weight is 188 g/mol. The highest BCUT2D eigenvalue weighted by Crippen LogP contribution is 2.46. The normalized spacial score (nSPS) is 18.0. The second-order valence-electron chi connectivity index (χ2n) is 1.46. The molecule has 0 aromatic heterocycles. The molecule has 0 aliphatic carbocycles. The van der Waals surface area contributed by atoms with Crippen molar-refractivity contribution < 1.29 is 29.5 Å². The lowest BCUT2D eigenvalue weighted by molar-refractivity contribution is -0.0572. The largest absolute Gasteiger partial charge is 0.504 e. The summed E-state index contributed by atoms with van der Waals surface area (Å²) in [6.07, 6.45) is 0. The minimum Gasteiger partial charge on any atom is -0.233 e. The van der Waals surface area contributed by atoms with E-state index in [9.17, 15) is 29.5 Å². The van der Waals surface area contributed by atoms with Crippen LogP contribution in [0.1, 0.15) is 0 Å². The van der Waals surface area contributed by atoms with E-state index in [1.165, 1.54) is 0 Å². The Hall–Kier alpha value is -0.270. The third-order valence-corrected chi connectivity index (χ3v) is 1.84. The Morgan fingerprint density at radius 2 is 1.50 bits per heavy atom. The lowest BCUT2D eigenvalue weighted by atomic mass is 11.6. The number of hydrogen-bond acceptors (Lipinski definition) is 1. The van der Waals surface area contributed by atoms with Crippen LogP contribution in [0.4, 0.5) is 25.3 Å². The summed E-state index contributed by atoms with van der Waals surface area (Å²) < 4.78 is 76.0. The minimum atomic E-state index is -8.02. The van der Waals surface area contributed by atoms with Gasteiger partial charge in [-0.15, -0.1) is 7.77 Å². The summed E-state index contributed by atoms with van der Waals surface area (Å²) in [6.45, 7) is 0. The Labute approximate surface area is 52.0 Å². The maximum atomic E-state index is 11.4. The Balaban J connectivity index is 4.91. The number of hydrogen-bond donors (Lipinski definition) is 0. The standard InChI is InChI=1S/C2H2F6OS/c3-1-10(7,8,9)2(4,5)6/h1H2. The molecule has 8 heteroatoms. The van der Waals surface area contributed by atoms with Crippen molar-refractivity contribution in [1.82, 2.24) is 0 Å². The van der Waals surface area contributed by atoms with Crippen LogP contribution in [-0.2, 0) is 9.84 Å². The molecule has 0 bridgehead atoms. The first kappa shape index (κ1) is 9.73.